The van der Waals surface area contributed by atoms with E-state index in [1.54, 1.807) is 0 Å². The third-order valence-electron chi connectivity index (χ3n) is 3.55. The first-order chi connectivity index (χ1) is 7.43. The van der Waals surface area contributed by atoms with Gasteiger partial charge in [0.05, 0.1) is 0 Å². The van der Waals surface area contributed by atoms with Crippen LogP contribution in [0.1, 0.15) is 24.8 Å². The standard InChI is InChI=1S/C13H16N2/c1-2-11(9-14-6-1)13-4-3-12-8-10(13)5-7-15-12/h1-2,4,6,9-10,12,15H,3,5,7-8H2. The van der Waals surface area contributed by atoms with Gasteiger partial charge in [-0.3, -0.25) is 4.98 Å². The summed E-state index contributed by atoms with van der Waals surface area (Å²) in [6.45, 7) is 1.17. The van der Waals surface area contributed by atoms with E-state index in [0.29, 0.717) is 0 Å². The third kappa shape index (κ3) is 1.70. The molecular weight excluding hydrogens is 184 g/mol. The summed E-state index contributed by atoms with van der Waals surface area (Å²) in [5.41, 5.74) is 2.85. The Kier molecular flexibility index (Phi) is 2.29. The van der Waals surface area contributed by atoms with Crippen molar-refractivity contribution in [3.05, 3.63) is 36.2 Å². The highest BCUT2D eigenvalue weighted by atomic mass is 14.9. The average molecular weight is 200 g/mol. The van der Waals surface area contributed by atoms with Crippen molar-refractivity contribution in [2.45, 2.75) is 25.3 Å². The highest BCUT2D eigenvalue weighted by Gasteiger charge is 2.28. The van der Waals surface area contributed by atoms with Crippen LogP contribution in [0.15, 0.2) is 30.6 Å². The van der Waals surface area contributed by atoms with Crippen LogP contribution in [0.2, 0.25) is 0 Å². The topological polar surface area (TPSA) is 24.9 Å². The molecule has 1 saturated heterocycles. The number of hydrogen-bond donors (Lipinski definition) is 1. The summed E-state index contributed by atoms with van der Waals surface area (Å²) < 4.78 is 0. The molecule has 2 atom stereocenters. The molecule has 0 radical (unpaired) electrons. The first kappa shape index (κ1) is 9.10. The van der Waals surface area contributed by atoms with Crippen molar-refractivity contribution >= 4 is 5.57 Å². The second kappa shape index (κ2) is 3.78. The van der Waals surface area contributed by atoms with Crippen LogP contribution < -0.4 is 5.32 Å². The van der Waals surface area contributed by atoms with Gasteiger partial charge in [-0.25, -0.2) is 0 Å². The van der Waals surface area contributed by atoms with Gasteiger partial charge in [-0.15, -0.1) is 0 Å². The zero-order chi connectivity index (χ0) is 10.1. The Morgan fingerprint density at radius 1 is 1.40 bits per heavy atom. The van der Waals surface area contributed by atoms with Crippen LogP contribution in [-0.4, -0.2) is 17.6 Å². The first-order valence-electron chi connectivity index (χ1n) is 5.77. The van der Waals surface area contributed by atoms with E-state index >= 15 is 0 Å². The number of fused-ring (bicyclic) bond motifs is 2. The Morgan fingerprint density at radius 2 is 2.40 bits per heavy atom. The summed E-state index contributed by atoms with van der Waals surface area (Å²) in [6.07, 6.45) is 10.0. The molecule has 1 aliphatic carbocycles. The fraction of sp³-hybridized carbons (Fsp3) is 0.462. The van der Waals surface area contributed by atoms with E-state index in [1.165, 1.54) is 36.9 Å². The molecule has 2 heterocycles. The number of aromatic nitrogens is 1. The predicted octanol–water partition coefficient (Wildman–Crippen LogP) is 2.24. The molecule has 1 fully saturated rings. The van der Waals surface area contributed by atoms with Gasteiger partial charge in [0.25, 0.3) is 0 Å². The lowest BCUT2D eigenvalue weighted by molar-refractivity contribution is 0.340. The summed E-state index contributed by atoms with van der Waals surface area (Å²) in [7, 11) is 0. The van der Waals surface area contributed by atoms with Crippen LogP contribution in [-0.2, 0) is 0 Å². The van der Waals surface area contributed by atoms with Crippen LogP contribution in [0, 0.1) is 5.92 Å². The Hall–Kier alpha value is -1.15. The Balaban J connectivity index is 1.93. The SMILES string of the molecule is C1=C(c2cccnc2)C2CCNC(C1)C2. The van der Waals surface area contributed by atoms with Gasteiger partial charge < -0.3 is 5.32 Å². The number of nitrogens with one attached hydrogen (secondary N) is 1. The van der Waals surface area contributed by atoms with E-state index in [4.69, 9.17) is 0 Å². The van der Waals surface area contributed by atoms with Crippen molar-refractivity contribution in [2.24, 2.45) is 5.92 Å². The maximum Gasteiger partial charge on any atom is 0.0343 e. The monoisotopic (exact) mass is 200 g/mol. The van der Waals surface area contributed by atoms with Gasteiger partial charge >= 0.3 is 0 Å². The van der Waals surface area contributed by atoms with Crippen molar-refractivity contribution in [3.63, 3.8) is 0 Å². The van der Waals surface area contributed by atoms with Gasteiger partial charge in [0.2, 0.25) is 0 Å². The normalized spacial score (nSPS) is 29.7. The van der Waals surface area contributed by atoms with Crippen LogP contribution in [0.5, 0.6) is 0 Å². The van der Waals surface area contributed by atoms with Gasteiger partial charge in [0.1, 0.15) is 0 Å². The molecule has 0 spiro atoms. The van der Waals surface area contributed by atoms with E-state index in [9.17, 15) is 0 Å². The quantitative estimate of drug-likeness (QED) is 0.752. The second-order valence-electron chi connectivity index (χ2n) is 4.51. The van der Waals surface area contributed by atoms with E-state index in [1.807, 2.05) is 18.5 Å². The minimum Gasteiger partial charge on any atom is -0.314 e. The molecule has 1 aromatic rings. The molecule has 2 bridgehead atoms. The molecule has 15 heavy (non-hydrogen) atoms. The largest absolute Gasteiger partial charge is 0.314 e. The van der Waals surface area contributed by atoms with E-state index < -0.39 is 0 Å². The van der Waals surface area contributed by atoms with Crippen LogP contribution in [0.3, 0.4) is 0 Å². The number of pyridine rings is 1. The maximum atomic E-state index is 4.21. The second-order valence-corrected chi connectivity index (χ2v) is 4.51. The lowest BCUT2D eigenvalue weighted by Gasteiger charge is -2.35. The number of piperidine rings is 1. The molecule has 2 aliphatic rings. The molecule has 0 amide bonds. The van der Waals surface area contributed by atoms with E-state index in [2.05, 4.69) is 22.4 Å². The Labute approximate surface area is 90.4 Å². The van der Waals surface area contributed by atoms with Gasteiger partial charge in [-0.1, -0.05) is 12.1 Å². The minimum absolute atomic E-state index is 0.726. The van der Waals surface area contributed by atoms with Gasteiger partial charge in [-0.05, 0) is 48.9 Å². The summed E-state index contributed by atoms with van der Waals surface area (Å²) in [6, 6.07) is 4.94. The number of allylic oxidation sites excluding steroid dienone is 1. The van der Waals surface area contributed by atoms with Crippen molar-refractivity contribution in [3.8, 4) is 0 Å². The average Bonchev–Trinajstić information content (AvgIpc) is 2.31. The summed E-state index contributed by atoms with van der Waals surface area (Å²) in [5.74, 6) is 0.759. The minimum atomic E-state index is 0.726. The third-order valence-corrected chi connectivity index (χ3v) is 3.55. The molecule has 2 heteroatoms. The van der Waals surface area contributed by atoms with Crippen molar-refractivity contribution < 1.29 is 0 Å². The Morgan fingerprint density at radius 3 is 3.27 bits per heavy atom. The number of hydrogen-bond acceptors (Lipinski definition) is 2. The zero-order valence-electron chi connectivity index (χ0n) is 8.82. The fourth-order valence-corrected chi connectivity index (χ4v) is 2.79. The summed E-state index contributed by atoms with van der Waals surface area (Å²) in [5, 5.41) is 3.56. The van der Waals surface area contributed by atoms with Crippen LogP contribution >= 0.6 is 0 Å². The molecule has 0 saturated carbocycles. The van der Waals surface area contributed by atoms with Crippen LogP contribution in [0.4, 0.5) is 0 Å². The molecule has 2 nitrogen and oxygen atoms in total. The van der Waals surface area contributed by atoms with Crippen molar-refractivity contribution in [2.75, 3.05) is 6.54 Å². The van der Waals surface area contributed by atoms with Gasteiger partial charge in [-0.2, -0.15) is 0 Å². The van der Waals surface area contributed by atoms with E-state index in [0.717, 1.165) is 12.0 Å². The molecular formula is C13H16N2. The van der Waals surface area contributed by atoms with Crippen LogP contribution in [0.25, 0.3) is 5.57 Å². The number of nitrogens with zero attached hydrogens (tertiary/aromatic N) is 1. The summed E-state index contributed by atoms with van der Waals surface area (Å²) in [4.78, 5) is 4.21. The highest BCUT2D eigenvalue weighted by Crippen LogP contribution is 2.36. The van der Waals surface area contributed by atoms with Gasteiger partial charge in [0.15, 0.2) is 0 Å². The lowest BCUT2D eigenvalue weighted by Crippen LogP contribution is -2.40. The molecule has 78 valence electrons. The molecule has 0 aromatic carbocycles. The fourth-order valence-electron chi connectivity index (χ4n) is 2.79. The smallest absolute Gasteiger partial charge is 0.0343 e. The summed E-state index contributed by atoms with van der Waals surface area (Å²) >= 11 is 0. The molecule has 2 unspecified atom stereocenters. The molecule has 3 rings (SSSR count). The maximum absolute atomic E-state index is 4.21. The number of rotatable bonds is 1. The van der Waals surface area contributed by atoms with E-state index in [-0.39, 0.29) is 0 Å². The van der Waals surface area contributed by atoms with Crippen molar-refractivity contribution in [1.29, 1.82) is 0 Å². The molecule has 1 N–H and O–H groups in total. The molecule has 1 aliphatic heterocycles. The highest BCUT2D eigenvalue weighted by molar-refractivity contribution is 5.67. The van der Waals surface area contributed by atoms with Crippen molar-refractivity contribution in [1.82, 2.24) is 10.3 Å². The first-order valence-corrected chi connectivity index (χ1v) is 5.77. The predicted molar refractivity (Wildman–Crippen MR) is 61.3 cm³/mol. The molecule has 1 aromatic heterocycles. The Bertz CT molecular complexity index is 369. The lowest BCUT2D eigenvalue weighted by atomic mass is 9.78. The van der Waals surface area contributed by atoms with Gasteiger partial charge in [0, 0.05) is 18.4 Å². The zero-order valence-corrected chi connectivity index (χ0v) is 8.82.